The molecule has 136 valence electrons. The summed E-state index contributed by atoms with van der Waals surface area (Å²) in [5.41, 5.74) is -0.190. The van der Waals surface area contributed by atoms with Crippen molar-refractivity contribution in [3.05, 3.63) is 52.8 Å². The summed E-state index contributed by atoms with van der Waals surface area (Å²) in [6.45, 7) is 0. The summed E-state index contributed by atoms with van der Waals surface area (Å²) in [7, 11) is -0.291. The van der Waals surface area contributed by atoms with Crippen LogP contribution in [0.1, 0.15) is 12.8 Å². The molecule has 0 radical (unpaired) electrons. The van der Waals surface area contributed by atoms with Gasteiger partial charge in [-0.05, 0) is 24.6 Å². The Hall–Kier alpha value is -2.74. The van der Waals surface area contributed by atoms with Gasteiger partial charge in [-0.3, -0.25) is 9.59 Å². The second-order valence-electron chi connectivity index (χ2n) is 5.91. The fourth-order valence-electron chi connectivity index (χ4n) is 3.29. The first-order chi connectivity index (χ1) is 12.5. The Bertz CT molecular complexity index is 844. The zero-order valence-corrected chi connectivity index (χ0v) is 14.8. The van der Waals surface area contributed by atoms with Gasteiger partial charge in [-0.15, -0.1) is 0 Å². The number of ether oxygens (including phenoxy) is 1. The lowest BCUT2D eigenvalue weighted by molar-refractivity contribution is -0.154. The van der Waals surface area contributed by atoms with Gasteiger partial charge in [0.05, 0.1) is 34.8 Å². The minimum Gasteiger partial charge on any atom is -0.494 e. The van der Waals surface area contributed by atoms with Crippen LogP contribution in [0.3, 0.4) is 0 Å². The maximum atomic E-state index is 12.8. The van der Waals surface area contributed by atoms with Gasteiger partial charge in [0.15, 0.2) is 12.0 Å². The lowest BCUT2D eigenvalue weighted by Gasteiger charge is -2.42. The Kier molecular flexibility index (Phi) is 5.03. The third kappa shape index (κ3) is 2.96. The van der Waals surface area contributed by atoms with E-state index in [1.807, 2.05) is 0 Å². The molecule has 0 spiro atoms. The highest BCUT2D eigenvalue weighted by atomic mass is 32.2. The fourth-order valence-corrected chi connectivity index (χ4v) is 4.66. The van der Waals surface area contributed by atoms with Gasteiger partial charge in [0.25, 0.3) is 0 Å². The summed E-state index contributed by atoms with van der Waals surface area (Å²) in [5.74, 6) is -1.95. The number of carbonyl (C=O) groups is 3. The molecule has 3 unspecified atom stereocenters. The van der Waals surface area contributed by atoms with E-state index in [1.165, 1.54) is 18.1 Å². The lowest BCUT2D eigenvalue weighted by atomic mass is 9.84. The van der Waals surface area contributed by atoms with Crippen LogP contribution in [0.5, 0.6) is 0 Å². The molecule has 1 aromatic carbocycles. The number of β-lactam (4-membered cyclic amide) rings is 1. The van der Waals surface area contributed by atoms with Crippen LogP contribution in [0, 0.1) is 5.92 Å². The van der Waals surface area contributed by atoms with Crippen molar-refractivity contribution in [2.45, 2.75) is 23.8 Å². The van der Waals surface area contributed by atoms with E-state index in [2.05, 4.69) is 0 Å². The molecular weight excluding hydrogens is 358 g/mol. The quantitative estimate of drug-likeness (QED) is 0.335. The van der Waals surface area contributed by atoms with E-state index in [0.29, 0.717) is 11.2 Å². The van der Waals surface area contributed by atoms with Gasteiger partial charge in [0, 0.05) is 11.3 Å². The number of hydrogen-bond donors (Lipinski definition) is 1. The van der Waals surface area contributed by atoms with Gasteiger partial charge < -0.3 is 14.7 Å². The molecule has 1 aromatic rings. The monoisotopic (exact) mass is 375 g/mol. The van der Waals surface area contributed by atoms with Crippen LogP contribution in [-0.4, -0.2) is 45.5 Å². The number of carbonyl (C=O) groups excluding carboxylic acids is 2. The predicted molar refractivity (Wildman–Crippen MR) is 92.0 cm³/mol. The average Bonchev–Trinajstić information content (AvgIpc) is 3.01. The number of hydrogen-bond acceptors (Lipinski definition) is 5. The number of rotatable bonds is 7. The second kappa shape index (κ2) is 7.25. The van der Waals surface area contributed by atoms with Crippen LogP contribution in [0.4, 0.5) is 0 Å². The third-order valence-corrected chi connectivity index (χ3v) is 6.07. The first-order valence-electron chi connectivity index (χ1n) is 7.95. The smallest absolute Gasteiger partial charge is 0.353 e. The first-order valence-corrected chi connectivity index (χ1v) is 9.10. The molecule has 2 aliphatic heterocycles. The molecule has 7 nitrogen and oxygen atoms in total. The molecule has 1 amide bonds. The highest BCUT2D eigenvalue weighted by molar-refractivity contribution is 7.89. The highest BCUT2D eigenvalue weighted by Crippen LogP contribution is 2.45. The van der Waals surface area contributed by atoms with Crippen LogP contribution in [-0.2, 0) is 29.9 Å². The molecule has 8 heteroatoms. The van der Waals surface area contributed by atoms with Gasteiger partial charge in [0.2, 0.25) is 5.91 Å². The van der Waals surface area contributed by atoms with Crippen molar-refractivity contribution in [1.29, 1.82) is 0 Å². The standard InChI is InChI=1S/C18H17NO6S/c1-25-11(10-20)7-8-13-14-9-15(16(18(22)23)19(14)17(13)21)26(24)12-5-3-2-4-6-12/h2-7,10,13-14H,8-9H2,1H3,(H,22,23). The van der Waals surface area contributed by atoms with Crippen LogP contribution in [0.25, 0.3) is 0 Å². The molecule has 1 saturated heterocycles. The van der Waals surface area contributed by atoms with Crippen LogP contribution in [0.15, 0.2) is 57.7 Å². The summed E-state index contributed by atoms with van der Waals surface area (Å²) in [4.78, 5) is 36.9. The number of methoxy groups -OCH3 is 1. The van der Waals surface area contributed by atoms with Gasteiger partial charge in [-0.25, -0.2) is 9.00 Å². The largest absolute Gasteiger partial charge is 0.494 e. The Labute approximate surface area is 152 Å². The molecule has 3 rings (SSSR count). The van der Waals surface area contributed by atoms with E-state index in [4.69, 9.17) is 4.74 Å². The topological polar surface area (TPSA) is 101 Å². The minimum atomic E-state index is -1.65. The molecule has 0 aliphatic carbocycles. The van der Waals surface area contributed by atoms with Crippen molar-refractivity contribution in [1.82, 2.24) is 4.90 Å². The van der Waals surface area contributed by atoms with Crippen molar-refractivity contribution in [3.8, 4) is 0 Å². The Morgan fingerprint density at radius 1 is 1.38 bits per heavy atom. The molecule has 3 atom stereocenters. The van der Waals surface area contributed by atoms with Gasteiger partial charge in [0.1, 0.15) is 5.70 Å². The third-order valence-electron chi connectivity index (χ3n) is 4.56. The predicted octanol–water partition coefficient (Wildman–Crippen LogP) is 1.44. The molecule has 26 heavy (non-hydrogen) atoms. The molecular formula is C18H17NO6S. The van der Waals surface area contributed by atoms with Crippen molar-refractivity contribution in [2.24, 2.45) is 5.92 Å². The molecule has 2 aliphatic rings. The second-order valence-corrected chi connectivity index (χ2v) is 7.41. The normalized spacial score (nSPS) is 23.3. The summed E-state index contributed by atoms with van der Waals surface area (Å²) in [5, 5.41) is 9.54. The van der Waals surface area contributed by atoms with Crippen molar-refractivity contribution < 1.29 is 28.4 Å². The Morgan fingerprint density at radius 2 is 2.08 bits per heavy atom. The number of nitrogens with zero attached hydrogens (tertiary/aromatic N) is 1. The zero-order valence-electron chi connectivity index (χ0n) is 14.0. The van der Waals surface area contributed by atoms with E-state index in [-0.39, 0.29) is 41.2 Å². The fraction of sp³-hybridized carbons (Fsp3) is 0.278. The van der Waals surface area contributed by atoms with Crippen LogP contribution in [0.2, 0.25) is 0 Å². The van der Waals surface area contributed by atoms with E-state index >= 15 is 0 Å². The molecule has 1 N–H and O–H groups in total. The van der Waals surface area contributed by atoms with Gasteiger partial charge in [-0.2, -0.15) is 0 Å². The SMILES string of the molecule is COC(C=O)=CCC1C(=O)N2C(C(=O)O)=C(S(=O)c3ccccc3)CC12. The lowest BCUT2D eigenvalue weighted by Crippen LogP contribution is -2.58. The maximum Gasteiger partial charge on any atom is 0.353 e. The van der Waals surface area contributed by atoms with Gasteiger partial charge >= 0.3 is 5.97 Å². The molecule has 2 heterocycles. The number of amides is 1. The number of carboxylic acids is 1. The Morgan fingerprint density at radius 3 is 2.65 bits per heavy atom. The number of aliphatic carboxylic acids is 1. The molecule has 0 bridgehead atoms. The number of fused-ring (bicyclic) bond motifs is 1. The Balaban J connectivity index is 1.86. The number of aldehydes is 1. The van der Waals surface area contributed by atoms with E-state index in [1.54, 1.807) is 30.3 Å². The maximum absolute atomic E-state index is 12.8. The molecule has 0 aromatic heterocycles. The van der Waals surface area contributed by atoms with Crippen molar-refractivity contribution in [2.75, 3.05) is 7.11 Å². The number of allylic oxidation sites excluding steroid dienone is 2. The molecule has 1 fully saturated rings. The summed E-state index contributed by atoms with van der Waals surface area (Å²) in [6, 6.07) is 8.19. The molecule has 0 saturated carbocycles. The summed E-state index contributed by atoms with van der Waals surface area (Å²) >= 11 is 0. The van der Waals surface area contributed by atoms with Crippen LogP contribution >= 0.6 is 0 Å². The van der Waals surface area contributed by atoms with Crippen molar-refractivity contribution >= 4 is 29.0 Å². The average molecular weight is 375 g/mol. The van der Waals surface area contributed by atoms with Crippen LogP contribution < -0.4 is 0 Å². The summed E-state index contributed by atoms with van der Waals surface area (Å²) < 4.78 is 17.7. The van der Waals surface area contributed by atoms with Crippen molar-refractivity contribution in [3.63, 3.8) is 0 Å². The highest BCUT2D eigenvalue weighted by Gasteiger charge is 2.55. The van der Waals surface area contributed by atoms with E-state index in [9.17, 15) is 23.7 Å². The first kappa shape index (κ1) is 18.1. The minimum absolute atomic E-state index is 0.119. The van der Waals surface area contributed by atoms with E-state index in [0.717, 1.165) is 0 Å². The number of carboxylic acid groups (broad SMARTS) is 1. The van der Waals surface area contributed by atoms with Gasteiger partial charge in [-0.1, -0.05) is 18.2 Å². The zero-order chi connectivity index (χ0) is 18.8. The number of benzene rings is 1. The van der Waals surface area contributed by atoms with E-state index < -0.39 is 22.7 Å². The summed E-state index contributed by atoms with van der Waals surface area (Å²) in [6.07, 6.45) is 2.56.